The number of aliphatic hydroxyl groups is 1. The summed E-state index contributed by atoms with van der Waals surface area (Å²) in [5, 5.41) is 11.1. The van der Waals surface area contributed by atoms with Crippen molar-refractivity contribution in [2.45, 2.75) is 63.9 Å². The highest BCUT2D eigenvalue weighted by Gasteiger charge is 2.45. The van der Waals surface area contributed by atoms with Gasteiger partial charge in [-0.15, -0.1) is 0 Å². The number of methoxy groups -OCH3 is 1. The Morgan fingerprint density at radius 2 is 1.73 bits per heavy atom. The fourth-order valence-corrected chi connectivity index (χ4v) is 6.44. The quantitative estimate of drug-likeness (QED) is 0.234. The zero-order valence-electron chi connectivity index (χ0n) is 22.2. The van der Waals surface area contributed by atoms with Crippen LogP contribution in [0.4, 0.5) is 0 Å². The Bertz CT molecular complexity index is 1000. The van der Waals surface area contributed by atoms with E-state index in [4.69, 9.17) is 9.47 Å². The van der Waals surface area contributed by atoms with E-state index in [0.29, 0.717) is 19.4 Å². The third-order valence-corrected chi connectivity index (χ3v) is 8.55. The number of nitrogens with zero attached hydrogens (tertiary/aromatic N) is 1. The van der Waals surface area contributed by atoms with Gasteiger partial charge in [-0.05, 0) is 42.9 Å². The molecular formula is C31H41NO4S. The molecule has 2 aromatic rings. The summed E-state index contributed by atoms with van der Waals surface area (Å²) in [6, 6.07) is 17.4. The fourth-order valence-electron chi connectivity index (χ4n) is 5.51. The van der Waals surface area contributed by atoms with Crippen molar-refractivity contribution < 1.29 is 19.4 Å². The fraction of sp³-hybridized carbons (Fsp3) is 0.516. The highest BCUT2D eigenvalue weighted by Crippen LogP contribution is 2.37. The largest absolute Gasteiger partial charge is 0.469 e. The lowest BCUT2D eigenvalue weighted by molar-refractivity contribution is -0.140. The van der Waals surface area contributed by atoms with Crippen LogP contribution in [0.2, 0.25) is 0 Å². The van der Waals surface area contributed by atoms with Crippen LogP contribution in [0.5, 0.6) is 0 Å². The monoisotopic (exact) mass is 523 g/mol. The van der Waals surface area contributed by atoms with Gasteiger partial charge in [0.25, 0.3) is 0 Å². The molecular weight excluding hydrogens is 482 g/mol. The Morgan fingerprint density at radius 1 is 1.05 bits per heavy atom. The molecule has 5 nitrogen and oxygen atoms in total. The molecule has 1 heterocycles. The molecule has 2 fully saturated rings. The highest BCUT2D eigenvalue weighted by molar-refractivity contribution is 7.99. The number of carbonyl (C=O) groups excluding carboxylic acids is 1. The van der Waals surface area contributed by atoms with Crippen molar-refractivity contribution in [2.75, 3.05) is 31.7 Å². The summed E-state index contributed by atoms with van der Waals surface area (Å²) in [4.78, 5) is 13.8. The molecule has 1 aliphatic carbocycles. The zero-order chi connectivity index (χ0) is 26.0. The SMILES string of the molecule is COC(=O)CCCC=CC[C@@H]1[C@@H](N2CCSCC2)[C@H](O)C[C@@H]1OCc1ccc(-c2ccc(C)cc2)cc1. The van der Waals surface area contributed by atoms with Crippen LogP contribution in [0.25, 0.3) is 11.1 Å². The molecule has 0 aromatic heterocycles. The van der Waals surface area contributed by atoms with Crippen molar-refractivity contribution in [2.24, 2.45) is 5.92 Å². The minimum Gasteiger partial charge on any atom is -0.469 e. The van der Waals surface area contributed by atoms with Crippen LogP contribution < -0.4 is 0 Å². The van der Waals surface area contributed by atoms with E-state index in [1.807, 2.05) is 11.8 Å². The summed E-state index contributed by atoms with van der Waals surface area (Å²) >= 11 is 1.99. The standard InChI is InChI=1S/C31H41NO4S/c1-23-9-13-25(14-10-23)26-15-11-24(12-16-26)22-36-29-21-28(33)31(32-17-19-37-20-18-32)27(29)7-5-3-4-6-8-30(34)35-2/h3,5,9-16,27-29,31,33H,4,6-8,17-22H2,1-2H3/t27-,28+,29-,31+/m0/s1. The van der Waals surface area contributed by atoms with Crippen LogP contribution >= 0.6 is 11.8 Å². The second kappa shape index (κ2) is 14.1. The average molecular weight is 524 g/mol. The summed E-state index contributed by atoms with van der Waals surface area (Å²) in [5.41, 5.74) is 4.84. The van der Waals surface area contributed by atoms with Gasteiger partial charge in [-0.25, -0.2) is 0 Å². The highest BCUT2D eigenvalue weighted by atomic mass is 32.2. The van der Waals surface area contributed by atoms with Crippen molar-refractivity contribution in [3.8, 4) is 11.1 Å². The summed E-state index contributed by atoms with van der Waals surface area (Å²) in [7, 11) is 1.43. The predicted octanol–water partition coefficient (Wildman–Crippen LogP) is 5.64. The molecule has 6 heteroatoms. The molecule has 200 valence electrons. The molecule has 1 N–H and O–H groups in total. The van der Waals surface area contributed by atoms with Crippen molar-refractivity contribution in [1.29, 1.82) is 0 Å². The van der Waals surface area contributed by atoms with Gasteiger partial charge in [0.15, 0.2) is 0 Å². The van der Waals surface area contributed by atoms with E-state index in [9.17, 15) is 9.90 Å². The summed E-state index contributed by atoms with van der Waals surface area (Å²) in [5.74, 6) is 2.34. The Balaban J connectivity index is 1.37. The molecule has 37 heavy (non-hydrogen) atoms. The van der Waals surface area contributed by atoms with Gasteiger partial charge in [0.05, 0.1) is 25.9 Å². The molecule has 0 radical (unpaired) electrons. The number of aliphatic hydroxyl groups excluding tert-OH is 1. The number of unbranched alkanes of at least 4 members (excludes halogenated alkanes) is 1. The number of benzene rings is 2. The minimum absolute atomic E-state index is 0.0195. The number of esters is 1. The Morgan fingerprint density at radius 3 is 2.41 bits per heavy atom. The minimum atomic E-state index is -0.366. The lowest BCUT2D eigenvalue weighted by atomic mass is 9.95. The van der Waals surface area contributed by atoms with Gasteiger partial charge >= 0.3 is 5.97 Å². The Kier molecular flexibility index (Phi) is 10.7. The van der Waals surface area contributed by atoms with Gasteiger partial charge in [0, 0.05) is 49.4 Å². The number of hydrogen-bond acceptors (Lipinski definition) is 6. The Labute approximate surface area is 226 Å². The van der Waals surface area contributed by atoms with E-state index in [2.05, 4.69) is 72.5 Å². The second-order valence-corrected chi connectivity index (χ2v) is 11.4. The smallest absolute Gasteiger partial charge is 0.305 e. The topological polar surface area (TPSA) is 59.0 Å². The summed E-state index contributed by atoms with van der Waals surface area (Å²) < 4.78 is 11.2. The van der Waals surface area contributed by atoms with E-state index >= 15 is 0 Å². The first-order chi connectivity index (χ1) is 18.0. The molecule has 0 unspecified atom stereocenters. The van der Waals surface area contributed by atoms with Crippen molar-refractivity contribution in [1.82, 2.24) is 4.90 Å². The van der Waals surface area contributed by atoms with Crippen LogP contribution in [-0.4, -0.2) is 65.9 Å². The lowest BCUT2D eigenvalue weighted by Crippen LogP contribution is -2.48. The zero-order valence-corrected chi connectivity index (χ0v) is 23.0. The van der Waals surface area contributed by atoms with Crippen LogP contribution in [0.3, 0.4) is 0 Å². The first kappa shape index (κ1) is 27.9. The molecule has 2 aliphatic rings. The maximum absolute atomic E-state index is 11.3. The van der Waals surface area contributed by atoms with Gasteiger partial charge in [-0.1, -0.05) is 66.2 Å². The number of hydrogen-bond donors (Lipinski definition) is 1. The van der Waals surface area contributed by atoms with Crippen LogP contribution in [0.1, 0.15) is 43.2 Å². The van der Waals surface area contributed by atoms with Crippen LogP contribution in [-0.2, 0) is 20.9 Å². The lowest BCUT2D eigenvalue weighted by Gasteiger charge is -2.37. The second-order valence-electron chi connectivity index (χ2n) is 10.2. The van der Waals surface area contributed by atoms with E-state index in [1.54, 1.807) is 0 Å². The number of rotatable bonds is 11. The summed E-state index contributed by atoms with van der Waals surface area (Å²) in [6.45, 7) is 4.71. The number of allylic oxidation sites excluding steroid dienone is 2. The maximum Gasteiger partial charge on any atom is 0.305 e. The predicted molar refractivity (Wildman–Crippen MR) is 152 cm³/mol. The molecule has 0 bridgehead atoms. The van der Waals surface area contributed by atoms with E-state index < -0.39 is 0 Å². The molecule has 1 saturated heterocycles. The number of thioether (sulfide) groups is 1. The number of ether oxygens (including phenoxy) is 2. The first-order valence-corrected chi connectivity index (χ1v) is 14.7. The van der Waals surface area contributed by atoms with Crippen LogP contribution in [0, 0.1) is 12.8 Å². The van der Waals surface area contributed by atoms with E-state index in [1.165, 1.54) is 23.8 Å². The molecule has 1 saturated carbocycles. The molecule has 2 aromatic carbocycles. The van der Waals surface area contributed by atoms with Gasteiger partial charge in [-0.3, -0.25) is 9.69 Å². The Hall–Kier alpha value is -2.12. The van der Waals surface area contributed by atoms with Gasteiger partial charge in [0.1, 0.15) is 0 Å². The van der Waals surface area contributed by atoms with E-state index in [-0.39, 0.29) is 30.1 Å². The van der Waals surface area contributed by atoms with Crippen molar-refractivity contribution in [3.05, 3.63) is 71.8 Å². The van der Waals surface area contributed by atoms with Crippen molar-refractivity contribution >= 4 is 17.7 Å². The average Bonchev–Trinajstić information content (AvgIpc) is 3.25. The number of aryl methyl sites for hydroxylation is 1. The third-order valence-electron chi connectivity index (χ3n) is 7.61. The third kappa shape index (κ3) is 7.93. The molecule has 0 spiro atoms. The van der Waals surface area contributed by atoms with Crippen LogP contribution in [0.15, 0.2) is 60.7 Å². The van der Waals surface area contributed by atoms with Gasteiger partial charge in [0.2, 0.25) is 0 Å². The first-order valence-electron chi connectivity index (χ1n) is 13.5. The number of carbonyl (C=O) groups is 1. The maximum atomic E-state index is 11.3. The molecule has 1 aliphatic heterocycles. The normalized spacial score (nSPS) is 24.5. The van der Waals surface area contributed by atoms with Gasteiger partial charge < -0.3 is 14.6 Å². The van der Waals surface area contributed by atoms with Gasteiger partial charge in [-0.2, -0.15) is 11.8 Å². The molecule has 0 amide bonds. The van der Waals surface area contributed by atoms with E-state index in [0.717, 1.165) is 49.4 Å². The molecule has 4 rings (SSSR count). The van der Waals surface area contributed by atoms with Crippen molar-refractivity contribution in [3.63, 3.8) is 0 Å². The summed E-state index contributed by atoms with van der Waals surface area (Å²) in [6.07, 6.45) is 7.69. The molecule has 4 atom stereocenters.